The van der Waals surface area contributed by atoms with Crippen LogP contribution in [0.4, 0.5) is 0 Å². The van der Waals surface area contributed by atoms with Gasteiger partial charge in [-0.05, 0) is 19.3 Å². The molecule has 1 aliphatic heterocycles. The quantitative estimate of drug-likeness (QED) is 0.672. The molecule has 4 heteroatoms. The second-order valence-electron chi connectivity index (χ2n) is 4.42. The number of hydrogen-bond acceptors (Lipinski definition) is 3. The smallest absolute Gasteiger partial charge is 0.226 e. The summed E-state index contributed by atoms with van der Waals surface area (Å²) in [4.78, 5) is 11.8. The lowest BCUT2D eigenvalue weighted by atomic mass is 10.0. The molecule has 14 heavy (non-hydrogen) atoms. The molecule has 2 rings (SSSR count). The molecule has 0 aromatic heterocycles. The van der Waals surface area contributed by atoms with Gasteiger partial charge < -0.3 is 15.8 Å². The van der Waals surface area contributed by atoms with Crippen molar-refractivity contribution in [1.29, 1.82) is 0 Å². The van der Waals surface area contributed by atoms with E-state index in [9.17, 15) is 4.79 Å². The van der Waals surface area contributed by atoms with Gasteiger partial charge in [0, 0.05) is 5.41 Å². The SMILES string of the molecule is CCC1(C(=O)NC2COCC2N)CC1. The molecule has 2 unspecified atom stereocenters. The number of hydrogen-bond donors (Lipinski definition) is 2. The average Bonchev–Trinajstić information content (AvgIpc) is 2.89. The van der Waals surface area contributed by atoms with Gasteiger partial charge in [0.1, 0.15) is 0 Å². The van der Waals surface area contributed by atoms with Gasteiger partial charge in [0.05, 0.1) is 25.3 Å². The summed E-state index contributed by atoms with van der Waals surface area (Å²) in [6.45, 7) is 3.19. The summed E-state index contributed by atoms with van der Waals surface area (Å²) in [7, 11) is 0. The van der Waals surface area contributed by atoms with E-state index in [0.29, 0.717) is 13.2 Å². The third kappa shape index (κ3) is 1.64. The summed E-state index contributed by atoms with van der Waals surface area (Å²) in [6.07, 6.45) is 2.98. The Balaban J connectivity index is 1.88. The molecule has 1 heterocycles. The van der Waals surface area contributed by atoms with Gasteiger partial charge in [0.25, 0.3) is 0 Å². The first kappa shape index (κ1) is 9.93. The first-order chi connectivity index (χ1) is 6.68. The van der Waals surface area contributed by atoms with Crippen molar-refractivity contribution in [2.75, 3.05) is 13.2 Å². The fraction of sp³-hybridized carbons (Fsp3) is 0.900. The van der Waals surface area contributed by atoms with Gasteiger partial charge in [-0.15, -0.1) is 0 Å². The minimum atomic E-state index is -0.0672. The standard InChI is InChI=1S/C10H18N2O2/c1-2-10(3-4-10)9(13)12-8-6-14-5-7(8)11/h7-8H,2-6,11H2,1H3,(H,12,13). The lowest BCUT2D eigenvalue weighted by molar-refractivity contribution is -0.127. The molecule has 1 amide bonds. The second kappa shape index (κ2) is 3.51. The van der Waals surface area contributed by atoms with E-state index >= 15 is 0 Å². The first-order valence-corrected chi connectivity index (χ1v) is 5.32. The van der Waals surface area contributed by atoms with Gasteiger partial charge in [-0.2, -0.15) is 0 Å². The highest BCUT2D eigenvalue weighted by Crippen LogP contribution is 2.48. The van der Waals surface area contributed by atoms with E-state index < -0.39 is 0 Å². The van der Waals surface area contributed by atoms with Crippen molar-refractivity contribution in [1.82, 2.24) is 5.32 Å². The lowest BCUT2D eigenvalue weighted by Crippen LogP contribution is -2.49. The zero-order valence-corrected chi connectivity index (χ0v) is 8.58. The number of nitrogens with one attached hydrogen (secondary N) is 1. The van der Waals surface area contributed by atoms with Crippen LogP contribution in [0.25, 0.3) is 0 Å². The van der Waals surface area contributed by atoms with Crippen LogP contribution < -0.4 is 11.1 Å². The number of carbonyl (C=O) groups is 1. The normalized spacial score (nSPS) is 34.1. The fourth-order valence-electron chi connectivity index (χ4n) is 1.93. The number of amides is 1. The molecule has 4 nitrogen and oxygen atoms in total. The van der Waals surface area contributed by atoms with Crippen LogP contribution in [0.2, 0.25) is 0 Å². The molecule has 0 bridgehead atoms. The van der Waals surface area contributed by atoms with Crippen LogP contribution in [0.5, 0.6) is 0 Å². The predicted octanol–water partition coefficient (Wildman–Crippen LogP) is 0.0189. The lowest BCUT2D eigenvalue weighted by Gasteiger charge is -2.19. The summed E-state index contributed by atoms with van der Waals surface area (Å²) in [5, 5.41) is 2.99. The third-order valence-electron chi connectivity index (χ3n) is 3.45. The molecule has 2 atom stereocenters. The van der Waals surface area contributed by atoms with Gasteiger partial charge in [0.15, 0.2) is 0 Å². The Morgan fingerprint density at radius 1 is 1.57 bits per heavy atom. The summed E-state index contributed by atoms with van der Waals surface area (Å²) >= 11 is 0. The Morgan fingerprint density at radius 3 is 2.71 bits per heavy atom. The highest BCUT2D eigenvalue weighted by molar-refractivity contribution is 5.85. The van der Waals surface area contributed by atoms with E-state index in [1.807, 2.05) is 0 Å². The van der Waals surface area contributed by atoms with Gasteiger partial charge in [0.2, 0.25) is 5.91 Å². The summed E-state index contributed by atoms with van der Waals surface area (Å²) in [5.74, 6) is 0.172. The Kier molecular flexibility index (Phi) is 2.49. The van der Waals surface area contributed by atoms with E-state index in [2.05, 4.69) is 12.2 Å². The van der Waals surface area contributed by atoms with Crippen LogP contribution in [0.1, 0.15) is 26.2 Å². The van der Waals surface area contributed by atoms with Gasteiger partial charge in [-0.25, -0.2) is 0 Å². The zero-order valence-electron chi connectivity index (χ0n) is 8.58. The van der Waals surface area contributed by atoms with Crippen molar-refractivity contribution >= 4 is 5.91 Å². The molecule has 2 fully saturated rings. The predicted molar refractivity (Wildman–Crippen MR) is 52.7 cm³/mol. The Morgan fingerprint density at radius 2 is 2.29 bits per heavy atom. The number of nitrogens with two attached hydrogens (primary N) is 1. The highest BCUT2D eigenvalue weighted by Gasteiger charge is 2.48. The molecule has 80 valence electrons. The fourth-order valence-corrected chi connectivity index (χ4v) is 1.93. The molecular weight excluding hydrogens is 180 g/mol. The largest absolute Gasteiger partial charge is 0.378 e. The summed E-state index contributed by atoms with van der Waals surface area (Å²) < 4.78 is 5.20. The van der Waals surface area contributed by atoms with Crippen LogP contribution in [-0.2, 0) is 9.53 Å². The third-order valence-corrected chi connectivity index (χ3v) is 3.45. The molecule has 0 spiro atoms. The summed E-state index contributed by atoms with van der Waals surface area (Å²) in [6, 6.07) is -0.0156. The van der Waals surface area contributed by atoms with E-state index in [-0.39, 0.29) is 23.4 Å². The topological polar surface area (TPSA) is 64.3 Å². The van der Waals surface area contributed by atoms with Crippen LogP contribution >= 0.6 is 0 Å². The van der Waals surface area contributed by atoms with E-state index in [0.717, 1.165) is 19.3 Å². The molecule has 0 aromatic carbocycles. The van der Waals surface area contributed by atoms with Crippen LogP contribution in [-0.4, -0.2) is 31.2 Å². The second-order valence-corrected chi connectivity index (χ2v) is 4.42. The van der Waals surface area contributed by atoms with Crippen LogP contribution in [0, 0.1) is 5.41 Å². The van der Waals surface area contributed by atoms with Gasteiger partial charge in [-0.3, -0.25) is 4.79 Å². The molecule has 1 saturated carbocycles. The summed E-state index contributed by atoms with van der Waals surface area (Å²) in [5.41, 5.74) is 5.73. The van der Waals surface area contributed by atoms with Crippen molar-refractivity contribution in [3.8, 4) is 0 Å². The Hall–Kier alpha value is -0.610. The van der Waals surface area contributed by atoms with Crippen molar-refractivity contribution in [3.63, 3.8) is 0 Å². The van der Waals surface area contributed by atoms with E-state index in [4.69, 9.17) is 10.5 Å². The van der Waals surface area contributed by atoms with E-state index in [1.165, 1.54) is 0 Å². The Labute approximate surface area is 84.2 Å². The highest BCUT2D eigenvalue weighted by atomic mass is 16.5. The maximum Gasteiger partial charge on any atom is 0.226 e. The minimum absolute atomic E-state index is 0.0199. The van der Waals surface area contributed by atoms with Gasteiger partial charge in [-0.1, -0.05) is 6.92 Å². The molecule has 1 aliphatic carbocycles. The number of carbonyl (C=O) groups excluding carboxylic acids is 1. The van der Waals surface area contributed by atoms with E-state index in [1.54, 1.807) is 0 Å². The van der Waals surface area contributed by atoms with Crippen molar-refractivity contribution in [2.45, 2.75) is 38.3 Å². The zero-order chi connectivity index (χ0) is 10.2. The average molecular weight is 198 g/mol. The first-order valence-electron chi connectivity index (χ1n) is 5.32. The molecule has 2 aliphatic rings. The van der Waals surface area contributed by atoms with Crippen LogP contribution in [0.15, 0.2) is 0 Å². The molecule has 0 aromatic rings. The van der Waals surface area contributed by atoms with Crippen molar-refractivity contribution < 1.29 is 9.53 Å². The molecule has 0 radical (unpaired) electrons. The van der Waals surface area contributed by atoms with Crippen LogP contribution in [0.3, 0.4) is 0 Å². The van der Waals surface area contributed by atoms with Crippen molar-refractivity contribution in [2.24, 2.45) is 11.1 Å². The van der Waals surface area contributed by atoms with Gasteiger partial charge >= 0.3 is 0 Å². The maximum absolute atomic E-state index is 11.8. The number of rotatable bonds is 3. The Bertz CT molecular complexity index is 238. The minimum Gasteiger partial charge on any atom is -0.378 e. The molecule has 1 saturated heterocycles. The number of ether oxygens (including phenoxy) is 1. The maximum atomic E-state index is 11.8. The molecule has 3 N–H and O–H groups in total. The molecular formula is C10H18N2O2. The monoisotopic (exact) mass is 198 g/mol. The van der Waals surface area contributed by atoms with Crippen molar-refractivity contribution in [3.05, 3.63) is 0 Å².